The topological polar surface area (TPSA) is 37.0 Å². The Balaban J connectivity index is 1.56. The third-order valence-corrected chi connectivity index (χ3v) is 4.97. The highest BCUT2D eigenvalue weighted by Crippen LogP contribution is 2.20. The lowest BCUT2D eigenvalue weighted by molar-refractivity contribution is -0.0983. The summed E-state index contributed by atoms with van der Waals surface area (Å²) in [6.07, 6.45) is 4.02. The summed E-state index contributed by atoms with van der Waals surface area (Å²) >= 11 is 0. The van der Waals surface area contributed by atoms with Crippen molar-refractivity contribution >= 4 is 0 Å². The molecule has 0 aromatic heterocycles. The van der Waals surface area contributed by atoms with Crippen molar-refractivity contribution in [1.29, 1.82) is 0 Å². The van der Waals surface area contributed by atoms with Gasteiger partial charge in [-0.3, -0.25) is 9.80 Å². The Labute approximate surface area is 136 Å². The van der Waals surface area contributed by atoms with E-state index in [2.05, 4.69) is 35.9 Å². The van der Waals surface area contributed by atoms with Gasteiger partial charge in [-0.25, -0.2) is 0 Å². The summed E-state index contributed by atoms with van der Waals surface area (Å²) in [5.74, 6) is 0. The summed E-state index contributed by atoms with van der Waals surface area (Å²) < 4.78 is 11.5. The largest absolute Gasteiger partial charge is 0.354 e. The molecule has 1 atom stereocenters. The van der Waals surface area contributed by atoms with E-state index in [1.165, 1.54) is 32.4 Å². The maximum atomic E-state index is 5.79. The minimum absolute atomic E-state index is 0.119. The second kappa shape index (κ2) is 9.18. The summed E-state index contributed by atoms with van der Waals surface area (Å²) in [5, 5.41) is 3.38. The van der Waals surface area contributed by atoms with Crippen molar-refractivity contribution in [3.63, 3.8) is 0 Å². The van der Waals surface area contributed by atoms with Crippen LogP contribution in [0.2, 0.25) is 0 Å². The number of rotatable bonds is 8. The van der Waals surface area contributed by atoms with Crippen LogP contribution in [-0.2, 0) is 9.47 Å². The van der Waals surface area contributed by atoms with Crippen molar-refractivity contribution in [2.45, 2.75) is 51.6 Å². The second-order valence-corrected chi connectivity index (χ2v) is 7.33. The van der Waals surface area contributed by atoms with E-state index < -0.39 is 0 Å². The first-order chi connectivity index (χ1) is 10.6. The van der Waals surface area contributed by atoms with Gasteiger partial charge in [0.15, 0.2) is 0 Å². The Bertz CT molecular complexity index is 300. The fraction of sp³-hybridized carbons (Fsp3) is 1.00. The Morgan fingerprint density at radius 1 is 1.00 bits per heavy atom. The zero-order valence-electron chi connectivity index (χ0n) is 14.8. The molecule has 2 heterocycles. The van der Waals surface area contributed by atoms with Crippen LogP contribution < -0.4 is 5.32 Å². The van der Waals surface area contributed by atoms with E-state index >= 15 is 0 Å². The first-order valence-electron chi connectivity index (χ1n) is 8.95. The molecule has 1 N–H and O–H groups in total. The lowest BCUT2D eigenvalue weighted by Gasteiger charge is -2.40. The van der Waals surface area contributed by atoms with Gasteiger partial charge in [-0.15, -0.1) is 0 Å². The summed E-state index contributed by atoms with van der Waals surface area (Å²) in [7, 11) is 0. The first kappa shape index (κ1) is 18.1. The van der Waals surface area contributed by atoms with Gasteiger partial charge in [-0.2, -0.15) is 0 Å². The van der Waals surface area contributed by atoms with Crippen molar-refractivity contribution in [2.75, 3.05) is 59.3 Å². The average molecular weight is 313 g/mol. The summed E-state index contributed by atoms with van der Waals surface area (Å²) in [6, 6.07) is 0.473. The number of likely N-dealkylation sites (tertiary alicyclic amines) is 1. The van der Waals surface area contributed by atoms with Gasteiger partial charge >= 0.3 is 0 Å². The van der Waals surface area contributed by atoms with E-state index in [9.17, 15) is 0 Å². The Kier molecular flexibility index (Phi) is 7.57. The summed E-state index contributed by atoms with van der Waals surface area (Å²) in [5.41, 5.74) is 0.119. The smallest absolute Gasteiger partial charge is 0.146 e. The third-order valence-electron chi connectivity index (χ3n) is 4.97. The molecule has 0 radical (unpaired) electrons. The highest BCUT2D eigenvalue weighted by atomic mass is 16.7. The van der Waals surface area contributed by atoms with Gasteiger partial charge in [0.1, 0.15) is 6.79 Å². The standard InChI is InChI=1S/C17H35N3O2/c1-16(19-11-7-18-8-12-19)13-21-15-22-14-17(2,3)20-9-5-4-6-10-20/h16,18H,4-15H2,1-3H3/t16-/m1/s1. The van der Waals surface area contributed by atoms with Crippen LogP contribution >= 0.6 is 0 Å². The second-order valence-electron chi connectivity index (χ2n) is 7.33. The number of piperazine rings is 1. The maximum Gasteiger partial charge on any atom is 0.146 e. The van der Waals surface area contributed by atoms with Crippen molar-refractivity contribution in [3.05, 3.63) is 0 Å². The maximum absolute atomic E-state index is 5.79. The molecular weight excluding hydrogens is 278 g/mol. The van der Waals surface area contributed by atoms with Crippen LogP contribution in [0.5, 0.6) is 0 Å². The van der Waals surface area contributed by atoms with Gasteiger partial charge in [0.25, 0.3) is 0 Å². The Morgan fingerprint density at radius 2 is 1.68 bits per heavy atom. The summed E-state index contributed by atoms with van der Waals surface area (Å²) in [6.45, 7) is 15.5. The molecule has 2 aliphatic heterocycles. The highest BCUT2D eigenvalue weighted by Gasteiger charge is 2.28. The van der Waals surface area contributed by atoms with Gasteiger partial charge in [-0.1, -0.05) is 6.42 Å². The molecule has 0 aliphatic carbocycles. The Morgan fingerprint density at radius 3 is 2.36 bits per heavy atom. The highest BCUT2D eigenvalue weighted by molar-refractivity contribution is 4.83. The number of piperidine rings is 1. The molecule has 2 aliphatic rings. The van der Waals surface area contributed by atoms with Gasteiger partial charge in [-0.05, 0) is 46.7 Å². The number of hydrogen-bond donors (Lipinski definition) is 1. The number of hydrogen-bond acceptors (Lipinski definition) is 5. The normalized spacial score (nSPS) is 23.6. The number of nitrogens with one attached hydrogen (secondary N) is 1. The third kappa shape index (κ3) is 5.78. The molecule has 5 heteroatoms. The fourth-order valence-corrected chi connectivity index (χ4v) is 3.39. The molecule has 22 heavy (non-hydrogen) atoms. The minimum atomic E-state index is 0.119. The molecule has 0 aromatic carbocycles. The van der Waals surface area contributed by atoms with Crippen LogP contribution in [0, 0.1) is 0 Å². The van der Waals surface area contributed by atoms with Gasteiger partial charge in [0.2, 0.25) is 0 Å². The van der Waals surface area contributed by atoms with Crippen molar-refractivity contribution in [2.24, 2.45) is 0 Å². The van der Waals surface area contributed by atoms with E-state index in [4.69, 9.17) is 9.47 Å². The SMILES string of the molecule is C[C@H](COCOCC(C)(C)N1CCCCC1)N1CCNCC1. The molecule has 0 bridgehead atoms. The first-order valence-corrected chi connectivity index (χ1v) is 8.95. The monoisotopic (exact) mass is 313 g/mol. The predicted octanol–water partition coefficient (Wildman–Crippen LogP) is 1.54. The van der Waals surface area contributed by atoms with Crippen molar-refractivity contribution in [1.82, 2.24) is 15.1 Å². The van der Waals surface area contributed by atoms with Crippen LogP contribution in [-0.4, -0.2) is 80.7 Å². The van der Waals surface area contributed by atoms with Crippen LogP contribution in [0.3, 0.4) is 0 Å². The van der Waals surface area contributed by atoms with Crippen LogP contribution in [0.1, 0.15) is 40.0 Å². The van der Waals surface area contributed by atoms with E-state index in [0.29, 0.717) is 12.8 Å². The zero-order valence-corrected chi connectivity index (χ0v) is 14.8. The lowest BCUT2D eigenvalue weighted by atomic mass is 10.00. The quantitative estimate of drug-likeness (QED) is 0.543. The van der Waals surface area contributed by atoms with Crippen molar-refractivity contribution in [3.8, 4) is 0 Å². The molecule has 130 valence electrons. The Hall–Kier alpha value is -0.200. The molecule has 0 amide bonds. The molecule has 0 spiro atoms. The molecule has 0 saturated carbocycles. The molecule has 5 nitrogen and oxygen atoms in total. The molecule has 2 rings (SSSR count). The summed E-state index contributed by atoms with van der Waals surface area (Å²) in [4.78, 5) is 5.04. The number of ether oxygens (including phenoxy) is 2. The molecule has 2 saturated heterocycles. The van der Waals surface area contributed by atoms with Crippen LogP contribution in [0.4, 0.5) is 0 Å². The van der Waals surface area contributed by atoms with Gasteiger partial charge < -0.3 is 14.8 Å². The molecule has 2 fully saturated rings. The van der Waals surface area contributed by atoms with Gasteiger partial charge in [0, 0.05) is 37.8 Å². The van der Waals surface area contributed by atoms with E-state index in [1.807, 2.05) is 0 Å². The minimum Gasteiger partial charge on any atom is -0.354 e. The average Bonchev–Trinajstić information content (AvgIpc) is 2.56. The van der Waals surface area contributed by atoms with Crippen LogP contribution in [0.15, 0.2) is 0 Å². The van der Waals surface area contributed by atoms with E-state index in [0.717, 1.165) is 39.4 Å². The molecule has 0 unspecified atom stereocenters. The zero-order chi connectivity index (χ0) is 15.8. The fourth-order valence-electron chi connectivity index (χ4n) is 3.39. The lowest BCUT2D eigenvalue weighted by Crippen LogP contribution is -2.50. The molecular formula is C17H35N3O2. The predicted molar refractivity (Wildman–Crippen MR) is 90.2 cm³/mol. The number of nitrogens with zero attached hydrogens (tertiary/aromatic N) is 2. The van der Waals surface area contributed by atoms with Crippen LogP contribution in [0.25, 0.3) is 0 Å². The van der Waals surface area contributed by atoms with E-state index in [-0.39, 0.29) is 5.54 Å². The van der Waals surface area contributed by atoms with E-state index in [1.54, 1.807) is 0 Å². The van der Waals surface area contributed by atoms with Crippen molar-refractivity contribution < 1.29 is 9.47 Å². The van der Waals surface area contributed by atoms with Gasteiger partial charge in [0.05, 0.1) is 13.2 Å². The molecule has 0 aromatic rings.